The van der Waals surface area contributed by atoms with Gasteiger partial charge in [0.1, 0.15) is 12.4 Å². The number of nitrogens with zero attached hydrogens (tertiary/aromatic N) is 3. The van der Waals surface area contributed by atoms with Crippen LogP contribution in [0.4, 0.5) is 10.5 Å². The van der Waals surface area contributed by atoms with Gasteiger partial charge in [0, 0.05) is 18.6 Å². The number of non-ortho nitro benzene ring substituents is 1. The molecule has 0 N–H and O–H groups in total. The quantitative estimate of drug-likeness (QED) is 0.481. The van der Waals surface area contributed by atoms with Gasteiger partial charge in [-0.15, -0.1) is 4.57 Å². The molecule has 0 aliphatic heterocycles. The van der Waals surface area contributed by atoms with Crippen LogP contribution in [-0.2, 0) is 18.2 Å². The number of carbonyl (C=O) groups excluding carboxylic acids is 1. The molecule has 0 unspecified atom stereocenters. The minimum atomic E-state index is -0.451. The van der Waals surface area contributed by atoms with Crippen molar-refractivity contribution in [1.29, 1.82) is 0 Å². The summed E-state index contributed by atoms with van der Waals surface area (Å²) in [6, 6.07) is 6.18. The molecule has 104 valence electrons. The summed E-state index contributed by atoms with van der Waals surface area (Å²) in [6.07, 6.45) is 5.00. The number of benzene rings is 1. The van der Waals surface area contributed by atoms with Gasteiger partial charge >= 0.3 is 6.09 Å². The largest absolute Gasteiger partial charge is 0.511 e. The second-order valence-corrected chi connectivity index (χ2v) is 4.27. The standard InChI is InChI=1S/C13H14N3O4/c1-14-7-8-15(10-14)13(17)20-9-6-11-2-4-12(5-3-11)16(18)19/h2-5,7-8,10H,6,9H2,1H3/q+1. The molecule has 1 aromatic heterocycles. The Morgan fingerprint density at radius 2 is 2.10 bits per heavy atom. The Kier molecular flexibility index (Phi) is 4.09. The average Bonchev–Trinajstić information content (AvgIpc) is 2.86. The highest BCUT2D eigenvalue weighted by Gasteiger charge is 2.12. The van der Waals surface area contributed by atoms with Crippen molar-refractivity contribution in [2.45, 2.75) is 6.42 Å². The van der Waals surface area contributed by atoms with Gasteiger partial charge in [-0.1, -0.05) is 12.1 Å². The van der Waals surface area contributed by atoms with Crippen molar-refractivity contribution in [3.05, 3.63) is 58.7 Å². The number of imidazole rings is 1. The Morgan fingerprint density at radius 3 is 2.65 bits per heavy atom. The fourth-order valence-electron chi connectivity index (χ4n) is 1.67. The summed E-state index contributed by atoms with van der Waals surface area (Å²) in [7, 11) is 1.81. The van der Waals surface area contributed by atoms with Crippen LogP contribution in [0.1, 0.15) is 5.56 Å². The van der Waals surface area contributed by atoms with Gasteiger partial charge in [-0.25, -0.2) is 4.57 Å². The van der Waals surface area contributed by atoms with Crippen molar-refractivity contribution in [3.63, 3.8) is 0 Å². The second-order valence-electron chi connectivity index (χ2n) is 4.27. The van der Waals surface area contributed by atoms with E-state index in [0.29, 0.717) is 6.42 Å². The van der Waals surface area contributed by atoms with Crippen LogP contribution in [0.2, 0.25) is 0 Å². The highest BCUT2D eigenvalue weighted by Crippen LogP contribution is 2.12. The van der Waals surface area contributed by atoms with Crippen LogP contribution in [0.25, 0.3) is 0 Å². The monoisotopic (exact) mass is 276 g/mol. The molecule has 1 heterocycles. The van der Waals surface area contributed by atoms with E-state index in [4.69, 9.17) is 4.74 Å². The lowest BCUT2D eigenvalue weighted by atomic mass is 10.1. The van der Waals surface area contributed by atoms with Crippen molar-refractivity contribution in [2.75, 3.05) is 6.61 Å². The Labute approximate surface area is 115 Å². The van der Waals surface area contributed by atoms with Crippen LogP contribution >= 0.6 is 0 Å². The molecule has 0 saturated carbocycles. The number of hydrogen-bond acceptors (Lipinski definition) is 4. The third-order valence-electron chi connectivity index (χ3n) is 2.74. The normalized spacial score (nSPS) is 10.2. The van der Waals surface area contributed by atoms with Gasteiger partial charge < -0.3 is 4.74 Å². The van der Waals surface area contributed by atoms with Crippen LogP contribution < -0.4 is 4.57 Å². The third-order valence-corrected chi connectivity index (χ3v) is 2.74. The van der Waals surface area contributed by atoms with Crippen LogP contribution in [0.15, 0.2) is 43.0 Å². The van der Waals surface area contributed by atoms with Gasteiger partial charge in [-0.2, -0.15) is 4.79 Å². The van der Waals surface area contributed by atoms with E-state index < -0.39 is 11.0 Å². The number of ether oxygens (including phenoxy) is 1. The number of hydrogen-bond donors (Lipinski definition) is 0. The molecule has 0 atom stereocenters. The van der Waals surface area contributed by atoms with Gasteiger partial charge in [0.25, 0.3) is 12.0 Å². The minimum Gasteiger partial charge on any atom is -0.431 e. The first kappa shape index (κ1) is 13.7. The van der Waals surface area contributed by atoms with Gasteiger partial charge in [0.05, 0.1) is 18.6 Å². The van der Waals surface area contributed by atoms with Crippen molar-refractivity contribution in [2.24, 2.45) is 7.05 Å². The van der Waals surface area contributed by atoms with Gasteiger partial charge in [0.2, 0.25) is 0 Å². The van der Waals surface area contributed by atoms with Crippen LogP contribution in [-0.4, -0.2) is 22.2 Å². The molecular formula is C13H14N3O4+. The summed E-state index contributed by atoms with van der Waals surface area (Å²) in [6.45, 7) is 0.221. The summed E-state index contributed by atoms with van der Waals surface area (Å²) >= 11 is 0. The van der Waals surface area contributed by atoms with Crippen molar-refractivity contribution < 1.29 is 19.0 Å². The van der Waals surface area contributed by atoms with Gasteiger partial charge in [0.15, 0.2) is 0 Å². The lowest BCUT2D eigenvalue weighted by molar-refractivity contribution is -0.670. The van der Waals surface area contributed by atoms with E-state index >= 15 is 0 Å². The van der Waals surface area contributed by atoms with E-state index in [-0.39, 0.29) is 12.3 Å². The minimum absolute atomic E-state index is 0.0468. The van der Waals surface area contributed by atoms with Crippen molar-refractivity contribution in [1.82, 2.24) is 4.57 Å². The molecule has 7 heteroatoms. The molecule has 0 amide bonds. The number of carbonyl (C=O) groups is 1. The topological polar surface area (TPSA) is 78.2 Å². The highest BCUT2D eigenvalue weighted by molar-refractivity contribution is 5.69. The SMILES string of the molecule is C[n+]1ccn(C(=O)OCCc2ccc([N+](=O)[O-])cc2)c1. The number of rotatable bonds is 4. The molecule has 0 fully saturated rings. The van der Waals surface area contributed by atoms with Gasteiger partial charge in [-0.05, 0) is 5.56 Å². The number of nitro benzene ring substituents is 1. The van der Waals surface area contributed by atoms with E-state index in [1.165, 1.54) is 16.7 Å². The molecule has 1 aromatic carbocycles. The smallest absolute Gasteiger partial charge is 0.431 e. The first-order valence-electron chi connectivity index (χ1n) is 6.00. The molecular weight excluding hydrogens is 262 g/mol. The number of nitro groups is 1. The Bertz CT molecular complexity index is 619. The number of aromatic nitrogens is 2. The van der Waals surface area contributed by atoms with Crippen LogP contribution in [0.3, 0.4) is 0 Å². The van der Waals surface area contributed by atoms with E-state index in [2.05, 4.69) is 0 Å². The lowest BCUT2D eigenvalue weighted by Crippen LogP contribution is -2.25. The molecule has 0 radical (unpaired) electrons. The molecule has 2 rings (SSSR count). The van der Waals surface area contributed by atoms with E-state index in [0.717, 1.165) is 5.56 Å². The zero-order valence-corrected chi connectivity index (χ0v) is 10.9. The highest BCUT2D eigenvalue weighted by atomic mass is 16.6. The molecule has 0 spiro atoms. The van der Waals surface area contributed by atoms with Crippen molar-refractivity contribution in [3.8, 4) is 0 Å². The Balaban J connectivity index is 1.83. The molecule has 0 saturated heterocycles. The van der Waals surface area contributed by atoms with E-state index in [1.54, 1.807) is 42.5 Å². The van der Waals surface area contributed by atoms with Gasteiger partial charge in [-0.3, -0.25) is 10.1 Å². The zero-order valence-electron chi connectivity index (χ0n) is 10.9. The maximum absolute atomic E-state index is 11.6. The third kappa shape index (κ3) is 3.41. The summed E-state index contributed by atoms with van der Waals surface area (Å²) in [5.74, 6) is 0. The summed E-state index contributed by atoms with van der Waals surface area (Å²) in [4.78, 5) is 21.7. The molecule has 20 heavy (non-hydrogen) atoms. The maximum Gasteiger partial charge on any atom is 0.511 e. The fourth-order valence-corrected chi connectivity index (χ4v) is 1.67. The predicted molar refractivity (Wildman–Crippen MR) is 69.2 cm³/mol. The maximum atomic E-state index is 11.6. The first-order chi connectivity index (χ1) is 9.56. The van der Waals surface area contributed by atoms with E-state index in [9.17, 15) is 14.9 Å². The van der Waals surface area contributed by atoms with Crippen LogP contribution in [0.5, 0.6) is 0 Å². The molecule has 2 aromatic rings. The predicted octanol–water partition coefficient (Wildman–Crippen LogP) is 1.45. The lowest BCUT2D eigenvalue weighted by Gasteiger charge is -2.02. The average molecular weight is 276 g/mol. The Hall–Kier alpha value is -2.70. The molecule has 7 nitrogen and oxygen atoms in total. The molecule has 0 aliphatic carbocycles. The van der Waals surface area contributed by atoms with Crippen molar-refractivity contribution >= 4 is 11.8 Å². The zero-order chi connectivity index (χ0) is 14.5. The fraction of sp³-hybridized carbons (Fsp3) is 0.231. The summed E-state index contributed by atoms with van der Waals surface area (Å²) in [5.41, 5.74) is 0.923. The number of aryl methyl sites for hydroxylation is 1. The molecule has 0 bridgehead atoms. The Morgan fingerprint density at radius 1 is 1.40 bits per heavy atom. The van der Waals surface area contributed by atoms with E-state index in [1.807, 2.05) is 0 Å². The second kappa shape index (κ2) is 5.96. The first-order valence-corrected chi connectivity index (χ1v) is 6.00. The summed E-state index contributed by atoms with van der Waals surface area (Å²) < 4.78 is 8.18. The molecule has 0 aliphatic rings. The summed E-state index contributed by atoms with van der Waals surface area (Å²) in [5, 5.41) is 10.5. The van der Waals surface area contributed by atoms with Crippen LogP contribution in [0, 0.1) is 10.1 Å².